The lowest BCUT2D eigenvalue weighted by Crippen LogP contribution is -2.28. The summed E-state index contributed by atoms with van der Waals surface area (Å²) in [7, 11) is 2.10. The van der Waals surface area contributed by atoms with Crippen molar-refractivity contribution in [2.24, 2.45) is 0 Å². The second-order valence-corrected chi connectivity index (χ2v) is 3.77. The number of alkyl halides is 1. The van der Waals surface area contributed by atoms with Crippen LogP contribution in [0.4, 0.5) is 5.69 Å². The van der Waals surface area contributed by atoms with Crippen LogP contribution in [0.25, 0.3) is 0 Å². The largest absolute Gasteiger partial charge is 0.372 e. The lowest BCUT2D eigenvalue weighted by Gasteiger charge is -2.27. The summed E-state index contributed by atoms with van der Waals surface area (Å²) in [4.78, 5) is 6.32. The molecule has 1 atom stereocenters. The van der Waals surface area contributed by atoms with E-state index in [1.54, 1.807) is 0 Å². The molecule has 1 rings (SSSR count). The maximum Gasteiger partial charge on any atom is 0.0509 e. The lowest BCUT2D eigenvalue weighted by atomic mass is 10.1. The summed E-state index contributed by atoms with van der Waals surface area (Å²) in [5.41, 5.74) is 2.28. The molecule has 1 heterocycles. The van der Waals surface area contributed by atoms with Crippen LogP contribution < -0.4 is 4.90 Å². The quantitative estimate of drug-likeness (QED) is 0.714. The fraction of sp³-hybridized carbons (Fsp3) is 0.545. The van der Waals surface area contributed by atoms with Gasteiger partial charge in [0.05, 0.1) is 5.88 Å². The van der Waals surface area contributed by atoms with E-state index in [-0.39, 0.29) is 0 Å². The molecule has 0 amide bonds. The molecule has 2 nitrogen and oxygen atoms in total. The van der Waals surface area contributed by atoms with Crippen LogP contribution in [-0.2, 0) is 5.88 Å². The standard InChI is InChI=1S/C11H17ClN2/c1-4-9(2)14(3)11-5-6-13-8-10(11)7-12/h5-6,8-9H,4,7H2,1-3H3. The average molecular weight is 213 g/mol. The normalized spacial score (nSPS) is 12.6. The summed E-state index contributed by atoms with van der Waals surface area (Å²) in [6.45, 7) is 4.39. The van der Waals surface area contributed by atoms with Gasteiger partial charge in [0, 0.05) is 36.7 Å². The lowest BCUT2D eigenvalue weighted by molar-refractivity contribution is 0.662. The number of pyridine rings is 1. The smallest absolute Gasteiger partial charge is 0.0509 e. The van der Waals surface area contributed by atoms with Crippen molar-refractivity contribution >= 4 is 17.3 Å². The summed E-state index contributed by atoms with van der Waals surface area (Å²) in [5, 5.41) is 0. The Morgan fingerprint density at radius 1 is 1.57 bits per heavy atom. The molecule has 1 aromatic heterocycles. The third-order valence-corrected chi connectivity index (χ3v) is 2.94. The highest BCUT2D eigenvalue weighted by molar-refractivity contribution is 6.17. The number of halogens is 1. The van der Waals surface area contributed by atoms with Gasteiger partial charge in [0.25, 0.3) is 0 Å². The number of rotatable bonds is 4. The van der Waals surface area contributed by atoms with E-state index in [4.69, 9.17) is 11.6 Å². The summed E-state index contributed by atoms with van der Waals surface area (Å²) in [6, 6.07) is 2.54. The molecular weight excluding hydrogens is 196 g/mol. The average Bonchev–Trinajstić information content (AvgIpc) is 2.26. The van der Waals surface area contributed by atoms with Crippen molar-refractivity contribution < 1.29 is 0 Å². The van der Waals surface area contributed by atoms with Crippen molar-refractivity contribution in [1.82, 2.24) is 4.98 Å². The van der Waals surface area contributed by atoms with Gasteiger partial charge in [0.1, 0.15) is 0 Å². The van der Waals surface area contributed by atoms with Gasteiger partial charge in [-0.2, -0.15) is 0 Å². The molecule has 0 bridgehead atoms. The number of nitrogens with zero attached hydrogens (tertiary/aromatic N) is 2. The molecule has 0 fully saturated rings. The highest BCUT2D eigenvalue weighted by Gasteiger charge is 2.10. The Balaban J connectivity index is 2.93. The van der Waals surface area contributed by atoms with Crippen LogP contribution in [0.5, 0.6) is 0 Å². The van der Waals surface area contributed by atoms with Crippen molar-refractivity contribution in [2.75, 3.05) is 11.9 Å². The van der Waals surface area contributed by atoms with Crippen LogP contribution in [0.2, 0.25) is 0 Å². The van der Waals surface area contributed by atoms with Crippen molar-refractivity contribution in [3.8, 4) is 0 Å². The summed E-state index contributed by atoms with van der Waals surface area (Å²) < 4.78 is 0. The van der Waals surface area contributed by atoms with Crippen molar-refractivity contribution in [1.29, 1.82) is 0 Å². The number of aromatic nitrogens is 1. The summed E-state index contributed by atoms with van der Waals surface area (Å²) >= 11 is 5.86. The molecule has 0 N–H and O–H groups in total. The second kappa shape index (κ2) is 5.20. The molecule has 1 aromatic rings. The Bertz CT molecular complexity index is 288. The Hall–Kier alpha value is -0.760. The number of hydrogen-bond donors (Lipinski definition) is 0. The molecule has 0 spiro atoms. The van der Waals surface area contributed by atoms with E-state index < -0.39 is 0 Å². The van der Waals surface area contributed by atoms with Gasteiger partial charge >= 0.3 is 0 Å². The van der Waals surface area contributed by atoms with Crippen LogP contribution in [0.15, 0.2) is 18.5 Å². The van der Waals surface area contributed by atoms with E-state index >= 15 is 0 Å². The van der Waals surface area contributed by atoms with Gasteiger partial charge in [-0.15, -0.1) is 11.6 Å². The van der Waals surface area contributed by atoms with Crippen LogP contribution in [0, 0.1) is 0 Å². The first kappa shape index (κ1) is 11.3. The molecule has 0 saturated carbocycles. The van der Waals surface area contributed by atoms with E-state index in [0.29, 0.717) is 11.9 Å². The minimum Gasteiger partial charge on any atom is -0.372 e. The van der Waals surface area contributed by atoms with Crippen molar-refractivity contribution in [3.63, 3.8) is 0 Å². The number of hydrogen-bond acceptors (Lipinski definition) is 2. The van der Waals surface area contributed by atoms with Crippen molar-refractivity contribution in [3.05, 3.63) is 24.0 Å². The molecule has 0 aliphatic carbocycles. The summed E-state index contributed by atoms with van der Waals surface area (Å²) in [5.74, 6) is 0.518. The Morgan fingerprint density at radius 2 is 2.29 bits per heavy atom. The van der Waals surface area contributed by atoms with Gasteiger partial charge in [0.2, 0.25) is 0 Å². The zero-order chi connectivity index (χ0) is 10.6. The molecule has 0 aliphatic heterocycles. The first-order valence-corrected chi connectivity index (χ1v) is 5.45. The molecule has 0 aromatic carbocycles. The van der Waals surface area contributed by atoms with Gasteiger partial charge < -0.3 is 4.90 Å². The Kier molecular flexibility index (Phi) is 4.21. The Morgan fingerprint density at radius 3 is 2.86 bits per heavy atom. The minimum absolute atomic E-state index is 0.518. The van der Waals surface area contributed by atoms with Gasteiger partial charge in [-0.3, -0.25) is 4.98 Å². The predicted octanol–water partition coefficient (Wildman–Crippen LogP) is 3.06. The monoisotopic (exact) mass is 212 g/mol. The van der Waals surface area contributed by atoms with E-state index in [0.717, 1.165) is 12.0 Å². The molecule has 0 saturated heterocycles. The van der Waals surface area contributed by atoms with Gasteiger partial charge in [-0.25, -0.2) is 0 Å². The third-order valence-electron chi connectivity index (χ3n) is 2.65. The highest BCUT2D eigenvalue weighted by atomic mass is 35.5. The van der Waals surface area contributed by atoms with Gasteiger partial charge in [0.15, 0.2) is 0 Å². The highest BCUT2D eigenvalue weighted by Crippen LogP contribution is 2.22. The van der Waals surface area contributed by atoms with E-state index in [1.807, 2.05) is 18.5 Å². The van der Waals surface area contributed by atoms with Crippen molar-refractivity contribution in [2.45, 2.75) is 32.2 Å². The second-order valence-electron chi connectivity index (χ2n) is 3.51. The minimum atomic E-state index is 0.518. The van der Waals surface area contributed by atoms with Crippen LogP contribution in [0.3, 0.4) is 0 Å². The molecule has 78 valence electrons. The van der Waals surface area contributed by atoms with E-state index in [9.17, 15) is 0 Å². The van der Waals surface area contributed by atoms with Gasteiger partial charge in [-0.05, 0) is 19.4 Å². The van der Waals surface area contributed by atoms with E-state index in [1.165, 1.54) is 5.69 Å². The zero-order valence-corrected chi connectivity index (χ0v) is 9.75. The molecule has 14 heavy (non-hydrogen) atoms. The fourth-order valence-corrected chi connectivity index (χ4v) is 1.58. The molecular formula is C11H17ClN2. The fourth-order valence-electron chi connectivity index (χ4n) is 1.38. The maximum atomic E-state index is 5.86. The predicted molar refractivity (Wildman–Crippen MR) is 62.0 cm³/mol. The first-order valence-electron chi connectivity index (χ1n) is 4.92. The maximum absolute atomic E-state index is 5.86. The van der Waals surface area contributed by atoms with Crippen LogP contribution in [0.1, 0.15) is 25.8 Å². The van der Waals surface area contributed by atoms with E-state index in [2.05, 4.69) is 30.8 Å². The van der Waals surface area contributed by atoms with Gasteiger partial charge in [-0.1, -0.05) is 6.92 Å². The SMILES string of the molecule is CCC(C)N(C)c1ccncc1CCl. The molecule has 0 radical (unpaired) electrons. The molecule has 0 aliphatic rings. The number of anilines is 1. The Labute approximate surface area is 90.9 Å². The van der Waals surface area contributed by atoms with Crippen LogP contribution in [-0.4, -0.2) is 18.1 Å². The summed E-state index contributed by atoms with van der Waals surface area (Å²) in [6.07, 6.45) is 4.77. The first-order chi connectivity index (χ1) is 6.70. The third kappa shape index (κ3) is 2.38. The topological polar surface area (TPSA) is 16.1 Å². The molecule has 3 heteroatoms. The van der Waals surface area contributed by atoms with Crippen LogP contribution >= 0.6 is 11.6 Å². The zero-order valence-electron chi connectivity index (χ0n) is 9.00. The molecule has 1 unspecified atom stereocenters.